The number of halogens is 1. The molecule has 0 radical (unpaired) electrons. The average Bonchev–Trinajstić information content (AvgIpc) is 2.93. The zero-order valence-electron chi connectivity index (χ0n) is 14.8. The molecule has 144 valence electrons. The van der Waals surface area contributed by atoms with Gasteiger partial charge < -0.3 is 4.74 Å². The third-order valence-corrected chi connectivity index (χ3v) is 5.82. The number of carbonyl (C=O) groups excluding carboxylic acids is 4. The second kappa shape index (κ2) is 8.66. The molecule has 7 nitrogen and oxygen atoms in total. The maximum atomic E-state index is 12.4. The summed E-state index contributed by atoms with van der Waals surface area (Å²) in [5, 5.41) is -0.353. The van der Waals surface area contributed by atoms with Crippen molar-refractivity contribution in [2.75, 3.05) is 13.7 Å². The van der Waals surface area contributed by atoms with Crippen molar-refractivity contribution < 1.29 is 23.9 Å². The van der Waals surface area contributed by atoms with Gasteiger partial charge in [0.1, 0.15) is 5.03 Å². The van der Waals surface area contributed by atoms with E-state index in [1.54, 1.807) is 30.3 Å². The van der Waals surface area contributed by atoms with Crippen molar-refractivity contribution in [3.63, 3.8) is 0 Å². The lowest BCUT2D eigenvalue weighted by Crippen LogP contribution is -2.26. The van der Waals surface area contributed by atoms with Crippen LogP contribution in [0.5, 0.6) is 0 Å². The summed E-state index contributed by atoms with van der Waals surface area (Å²) < 4.78 is 5.97. The lowest BCUT2D eigenvalue weighted by molar-refractivity contribution is -0.136. The highest BCUT2D eigenvalue weighted by molar-refractivity contribution is 9.10. The second-order valence-electron chi connectivity index (χ2n) is 5.96. The summed E-state index contributed by atoms with van der Waals surface area (Å²) in [7, 11) is 1.42. The lowest BCUT2D eigenvalue weighted by atomic mass is 10.1. The Labute approximate surface area is 173 Å². The fourth-order valence-electron chi connectivity index (χ4n) is 2.52. The minimum Gasteiger partial charge on any atom is -0.454 e. The van der Waals surface area contributed by atoms with Gasteiger partial charge in [-0.2, -0.15) is 0 Å². The number of rotatable bonds is 6. The first-order chi connectivity index (χ1) is 13.4. The van der Waals surface area contributed by atoms with Crippen LogP contribution < -0.4 is 0 Å². The standard InChI is InChI=1S/C19H15BrN2O5S/c1-22-16(24)9-15(18(22)25)28-17-13(3-2-8-21-17)19(26)27-10-14(23)11-4-6-12(20)7-5-11/h2-8,15H,9-10H2,1H3. The number of likely N-dealkylation sites (tertiary alicyclic amines) is 1. The summed E-state index contributed by atoms with van der Waals surface area (Å²) in [5.41, 5.74) is 0.570. The van der Waals surface area contributed by atoms with Crippen LogP contribution in [0.2, 0.25) is 0 Å². The van der Waals surface area contributed by atoms with E-state index < -0.39 is 17.8 Å². The monoisotopic (exact) mass is 462 g/mol. The summed E-state index contributed by atoms with van der Waals surface area (Å²) in [4.78, 5) is 53.6. The second-order valence-corrected chi connectivity index (χ2v) is 8.07. The molecule has 0 aliphatic carbocycles. The van der Waals surface area contributed by atoms with Gasteiger partial charge in [0.2, 0.25) is 11.8 Å². The molecule has 0 spiro atoms. The fourth-order valence-corrected chi connectivity index (χ4v) is 3.94. The smallest absolute Gasteiger partial charge is 0.341 e. The summed E-state index contributed by atoms with van der Waals surface area (Å²) in [6.45, 7) is -0.414. The molecule has 9 heteroatoms. The van der Waals surface area contributed by atoms with Gasteiger partial charge in [-0.3, -0.25) is 19.3 Å². The van der Waals surface area contributed by atoms with Gasteiger partial charge in [-0.25, -0.2) is 9.78 Å². The predicted molar refractivity (Wildman–Crippen MR) is 105 cm³/mol. The molecule has 1 fully saturated rings. The zero-order valence-corrected chi connectivity index (χ0v) is 17.2. The molecule has 1 unspecified atom stereocenters. The number of ether oxygens (including phenoxy) is 1. The molecular weight excluding hydrogens is 448 g/mol. The van der Waals surface area contributed by atoms with Crippen molar-refractivity contribution in [2.45, 2.75) is 16.7 Å². The Morgan fingerprint density at radius 3 is 2.61 bits per heavy atom. The maximum Gasteiger partial charge on any atom is 0.341 e. The Morgan fingerprint density at radius 2 is 1.96 bits per heavy atom. The number of nitrogens with zero attached hydrogens (tertiary/aromatic N) is 2. The fraction of sp³-hybridized carbons (Fsp3) is 0.211. The maximum absolute atomic E-state index is 12.4. The van der Waals surface area contributed by atoms with Gasteiger partial charge in [0.25, 0.3) is 0 Å². The number of pyridine rings is 1. The largest absolute Gasteiger partial charge is 0.454 e. The van der Waals surface area contributed by atoms with Crippen LogP contribution in [0.3, 0.4) is 0 Å². The van der Waals surface area contributed by atoms with Crippen molar-refractivity contribution in [2.24, 2.45) is 0 Å². The van der Waals surface area contributed by atoms with Crippen molar-refractivity contribution in [3.05, 3.63) is 58.2 Å². The van der Waals surface area contributed by atoms with Gasteiger partial charge in [0.05, 0.1) is 10.8 Å². The van der Waals surface area contributed by atoms with Gasteiger partial charge in [-0.1, -0.05) is 39.8 Å². The summed E-state index contributed by atoms with van der Waals surface area (Å²) in [6, 6.07) is 9.77. The highest BCUT2D eigenvalue weighted by Gasteiger charge is 2.37. The number of aromatic nitrogens is 1. The van der Waals surface area contributed by atoms with Crippen LogP contribution in [0.15, 0.2) is 52.1 Å². The summed E-state index contributed by atoms with van der Waals surface area (Å²) in [6.07, 6.45) is 1.53. The van der Waals surface area contributed by atoms with Gasteiger partial charge in [0.15, 0.2) is 12.4 Å². The molecule has 1 aromatic carbocycles. The first-order valence-corrected chi connectivity index (χ1v) is 9.92. The Bertz CT molecular complexity index is 948. The van der Waals surface area contributed by atoms with E-state index in [2.05, 4.69) is 20.9 Å². The molecule has 2 heterocycles. The zero-order chi connectivity index (χ0) is 20.3. The van der Waals surface area contributed by atoms with Crippen LogP contribution in [-0.2, 0) is 14.3 Å². The van der Waals surface area contributed by atoms with Gasteiger partial charge >= 0.3 is 5.97 Å². The molecule has 1 saturated heterocycles. The molecule has 1 aliphatic rings. The minimum absolute atomic E-state index is 0.0487. The first kappa shape index (κ1) is 20.2. The van der Waals surface area contributed by atoms with E-state index >= 15 is 0 Å². The Balaban J connectivity index is 1.67. The van der Waals surface area contributed by atoms with Crippen molar-refractivity contribution in [1.29, 1.82) is 0 Å². The molecule has 0 N–H and O–H groups in total. The van der Waals surface area contributed by atoms with Gasteiger partial charge in [-0.05, 0) is 24.3 Å². The molecule has 28 heavy (non-hydrogen) atoms. The third-order valence-electron chi connectivity index (χ3n) is 4.09. The van der Waals surface area contributed by atoms with Crippen molar-refractivity contribution in [3.8, 4) is 0 Å². The molecule has 3 rings (SSSR count). The SMILES string of the molecule is CN1C(=O)CC(Sc2ncccc2C(=O)OCC(=O)c2ccc(Br)cc2)C1=O. The van der Waals surface area contributed by atoms with E-state index in [0.717, 1.165) is 21.1 Å². The quantitative estimate of drug-likeness (QED) is 0.370. The molecule has 1 aromatic heterocycles. The van der Waals surface area contributed by atoms with Crippen molar-refractivity contribution in [1.82, 2.24) is 9.88 Å². The molecule has 1 atom stereocenters. The van der Waals surface area contributed by atoms with E-state index in [9.17, 15) is 19.2 Å². The molecule has 2 aromatic rings. The van der Waals surface area contributed by atoms with E-state index in [1.165, 1.54) is 19.3 Å². The van der Waals surface area contributed by atoms with Crippen LogP contribution in [0, 0.1) is 0 Å². The lowest BCUT2D eigenvalue weighted by Gasteiger charge is -2.11. The van der Waals surface area contributed by atoms with E-state index in [0.29, 0.717) is 5.56 Å². The number of hydrogen-bond acceptors (Lipinski definition) is 7. The number of thioether (sulfide) groups is 1. The molecule has 2 amide bonds. The van der Waals surface area contributed by atoms with Gasteiger partial charge in [-0.15, -0.1) is 0 Å². The van der Waals surface area contributed by atoms with Crippen LogP contribution in [-0.4, -0.2) is 52.4 Å². The minimum atomic E-state index is -0.716. The number of ketones is 1. The predicted octanol–water partition coefficient (Wildman–Crippen LogP) is 2.73. The highest BCUT2D eigenvalue weighted by Crippen LogP contribution is 2.31. The average molecular weight is 463 g/mol. The van der Waals surface area contributed by atoms with Crippen molar-refractivity contribution >= 4 is 51.3 Å². The summed E-state index contributed by atoms with van der Waals surface area (Å²) in [5.74, 6) is -1.66. The van der Waals surface area contributed by atoms with E-state index in [4.69, 9.17) is 4.74 Å². The highest BCUT2D eigenvalue weighted by atomic mass is 79.9. The number of amides is 2. The Hall–Kier alpha value is -2.52. The number of esters is 1. The van der Waals surface area contributed by atoms with Gasteiger partial charge in [0, 0.05) is 29.7 Å². The van der Waals surface area contributed by atoms with E-state index in [-0.39, 0.29) is 34.6 Å². The Kier molecular flexibility index (Phi) is 6.25. The molecule has 1 aliphatic heterocycles. The Morgan fingerprint density at radius 1 is 1.25 bits per heavy atom. The van der Waals surface area contributed by atoms with Crippen LogP contribution in [0.1, 0.15) is 27.1 Å². The summed E-state index contributed by atoms with van der Waals surface area (Å²) >= 11 is 4.33. The third kappa shape index (κ3) is 4.48. The number of benzene rings is 1. The molecule has 0 saturated carbocycles. The van der Waals surface area contributed by atoms with Crippen LogP contribution in [0.4, 0.5) is 0 Å². The number of carbonyl (C=O) groups is 4. The number of hydrogen-bond donors (Lipinski definition) is 0. The topological polar surface area (TPSA) is 93.6 Å². The first-order valence-electron chi connectivity index (χ1n) is 8.25. The van der Waals surface area contributed by atoms with E-state index in [1.807, 2.05) is 0 Å². The van der Waals surface area contributed by atoms with Crippen LogP contribution >= 0.6 is 27.7 Å². The number of imide groups is 1. The number of Topliss-reactive ketones (excluding diaryl/α,β-unsaturated/α-hetero) is 1. The molecule has 0 bridgehead atoms. The van der Waals surface area contributed by atoms with Crippen LogP contribution in [0.25, 0.3) is 0 Å². The molecular formula is C19H15BrN2O5S. The normalized spacial score (nSPS) is 16.4.